The lowest BCUT2D eigenvalue weighted by Gasteiger charge is -2.13. The lowest BCUT2D eigenvalue weighted by Crippen LogP contribution is -2.07. The topological polar surface area (TPSA) is 53.5 Å². The van der Waals surface area contributed by atoms with Crippen LogP contribution < -0.4 is 0 Å². The summed E-state index contributed by atoms with van der Waals surface area (Å²) in [6.45, 7) is 0. The Kier molecular flexibility index (Phi) is 6.63. The van der Waals surface area contributed by atoms with Gasteiger partial charge in [0, 0.05) is 54.8 Å². The van der Waals surface area contributed by atoms with Crippen LogP contribution in [0.15, 0.2) is 194 Å². The summed E-state index contributed by atoms with van der Waals surface area (Å²) in [5, 5.41) is 9.57. The summed E-state index contributed by atoms with van der Waals surface area (Å²) >= 11 is 0. The summed E-state index contributed by atoms with van der Waals surface area (Å²) in [7, 11) is 0. The van der Waals surface area contributed by atoms with E-state index in [0.717, 1.165) is 66.4 Å². The molecule has 0 saturated carbocycles. The third kappa shape index (κ3) is 4.65. The van der Waals surface area contributed by atoms with E-state index in [1.807, 2.05) is 36.4 Å². The summed E-state index contributed by atoms with van der Waals surface area (Å²) in [6, 6.07) is 69.1. The molecule has 0 unspecified atom stereocenters. The molecule has 0 radical (unpaired) electrons. The fourth-order valence-electron chi connectivity index (χ4n) is 9.51. The van der Waals surface area contributed by atoms with Gasteiger partial charge in [-0.1, -0.05) is 146 Å². The molecule has 0 fully saturated rings. The number of fused-ring (bicyclic) bond motifs is 6. The van der Waals surface area contributed by atoms with Gasteiger partial charge in [0.25, 0.3) is 0 Å². The van der Waals surface area contributed by atoms with E-state index in [-0.39, 0.29) is 0 Å². The zero-order valence-electron chi connectivity index (χ0n) is 31.7. The van der Waals surface area contributed by atoms with Crippen molar-refractivity contribution in [2.45, 2.75) is 0 Å². The van der Waals surface area contributed by atoms with Crippen molar-refractivity contribution in [2.24, 2.45) is 0 Å². The van der Waals surface area contributed by atoms with Gasteiger partial charge in [-0.2, -0.15) is 9.97 Å². The minimum absolute atomic E-state index is 0.565. The first kappa shape index (κ1) is 32.0. The molecule has 0 amide bonds. The van der Waals surface area contributed by atoms with Crippen molar-refractivity contribution < 1.29 is 0 Å². The van der Waals surface area contributed by atoms with Gasteiger partial charge in [-0.25, -0.2) is 4.98 Å². The third-order valence-corrected chi connectivity index (χ3v) is 12.0. The van der Waals surface area contributed by atoms with Crippen molar-refractivity contribution in [2.75, 3.05) is 0 Å². The van der Waals surface area contributed by atoms with Crippen LogP contribution in [0.1, 0.15) is 0 Å². The molecule has 274 valence electrons. The molecule has 6 nitrogen and oxygen atoms in total. The van der Waals surface area contributed by atoms with E-state index in [9.17, 15) is 0 Å². The van der Waals surface area contributed by atoms with E-state index < -0.39 is 0 Å². The Morgan fingerprint density at radius 1 is 0.288 bits per heavy atom. The summed E-state index contributed by atoms with van der Waals surface area (Å²) in [6.07, 6.45) is 0. The Morgan fingerprint density at radius 2 is 0.644 bits per heavy atom. The molecule has 0 aliphatic carbocycles. The smallest absolute Gasteiger partial charge is 0.238 e. The first-order valence-corrected chi connectivity index (χ1v) is 20.0. The maximum Gasteiger partial charge on any atom is 0.238 e. The lowest BCUT2D eigenvalue weighted by molar-refractivity contribution is 0.952. The Labute approximate surface area is 337 Å². The molecule has 0 N–H and O–H groups in total. The van der Waals surface area contributed by atoms with E-state index in [4.69, 9.17) is 15.0 Å². The van der Waals surface area contributed by atoms with Gasteiger partial charge >= 0.3 is 0 Å². The fourth-order valence-corrected chi connectivity index (χ4v) is 9.51. The van der Waals surface area contributed by atoms with Gasteiger partial charge in [0.15, 0.2) is 11.6 Å². The van der Waals surface area contributed by atoms with Gasteiger partial charge in [0.05, 0.1) is 33.1 Å². The average molecular weight is 753 g/mol. The van der Waals surface area contributed by atoms with E-state index in [0.29, 0.717) is 17.6 Å². The third-order valence-electron chi connectivity index (χ3n) is 12.0. The Bertz CT molecular complexity index is 3430. The highest BCUT2D eigenvalue weighted by molar-refractivity contribution is 6.25. The van der Waals surface area contributed by atoms with Crippen LogP contribution in [-0.4, -0.2) is 28.7 Å². The summed E-state index contributed by atoms with van der Waals surface area (Å²) < 4.78 is 7.07. The molecule has 9 aromatic carbocycles. The highest BCUT2D eigenvalue weighted by Gasteiger charge is 2.24. The van der Waals surface area contributed by atoms with Crippen molar-refractivity contribution in [3.63, 3.8) is 0 Å². The lowest BCUT2D eigenvalue weighted by atomic mass is 10.0. The quantitative estimate of drug-likeness (QED) is 0.165. The van der Waals surface area contributed by atoms with Crippen molar-refractivity contribution >= 4 is 76.2 Å². The van der Waals surface area contributed by atoms with Crippen molar-refractivity contribution in [3.8, 4) is 40.1 Å². The molecule has 13 rings (SSSR count). The van der Waals surface area contributed by atoms with Crippen molar-refractivity contribution in [1.29, 1.82) is 0 Å². The average Bonchev–Trinajstić information content (AvgIpc) is 3.94. The summed E-state index contributed by atoms with van der Waals surface area (Å²) in [4.78, 5) is 15.8. The molecule has 13 aromatic rings. The summed E-state index contributed by atoms with van der Waals surface area (Å²) in [5.41, 5.74) is 10.7. The van der Waals surface area contributed by atoms with Gasteiger partial charge < -0.3 is 9.13 Å². The van der Waals surface area contributed by atoms with Crippen LogP contribution in [0.25, 0.3) is 116 Å². The largest absolute Gasteiger partial charge is 0.309 e. The second kappa shape index (κ2) is 12.2. The molecule has 0 aliphatic heterocycles. The zero-order chi connectivity index (χ0) is 38.6. The molecule has 0 atom stereocenters. The second-order valence-electron chi connectivity index (χ2n) is 15.3. The molecule has 0 bridgehead atoms. The number of nitrogens with zero attached hydrogens (tertiary/aromatic N) is 6. The van der Waals surface area contributed by atoms with Crippen LogP contribution in [0.2, 0.25) is 0 Å². The fraction of sp³-hybridized carbons (Fsp3) is 0. The van der Waals surface area contributed by atoms with Crippen molar-refractivity contribution in [1.82, 2.24) is 28.7 Å². The normalized spacial score (nSPS) is 12.1. The van der Waals surface area contributed by atoms with Gasteiger partial charge in [-0.05, 0) is 59.3 Å². The van der Waals surface area contributed by atoms with Crippen molar-refractivity contribution in [3.05, 3.63) is 194 Å². The number of para-hydroxylation sites is 4. The van der Waals surface area contributed by atoms with E-state index >= 15 is 0 Å². The van der Waals surface area contributed by atoms with Crippen LogP contribution >= 0.6 is 0 Å². The van der Waals surface area contributed by atoms with Gasteiger partial charge in [0.2, 0.25) is 5.95 Å². The molecule has 6 heteroatoms. The minimum atomic E-state index is 0.565. The molecule has 59 heavy (non-hydrogen) atoms. The van der Waals surface area contributed by atoms with Gasteiger partial charge in [-0.15, -0.1) is 0 Å². The first-order chi connectivity index (χ1) is 29.3. The van der Waals surface area contributed by atoms with Gasteiger partial charge in [-0.3, -0.25) is 4.57 Å². The van der Waals surface area contributed by atoms with E-state index in [1.54, 1.807) is 0 Å². The highest BCUT2D eigenvalue weighted by atomic mass is 15.2. The molecule has 0 saturated heterocycles. The monoisotopic (exact) mass is 752 g/mol. The van der Waals surface area contributed by atoms with Crippen LogP contribution in [-0.2, 0) is 0 Å². The molecule has 0 aliphatic rings. The highest BCUT2D eigenvalue weighted by Crippen LogP contribution is 2.44. The molecule has 0 spiro atoms. The van der Waals surface area contributed by atoms with E-state index in [1.165, 1.54) is 32.3 Å². The SMILES string of the molecule is c1ccc(-c2nc(-c3ccccc3)nc(-n3c4cc(-n5c6ccccc6c6ccccc65)cc5ccc6cc(-n7c8ccccc8c8ccccc87)cc3c6c54)n2)cc1. The Balaban J connectivity index is 1.19. The summed E-state index contributed by atoms with van der Waals surface area (Å²) in [5.74, 6) is 1.81. The van der Waals surface area contributed by atoms with E-state index in [2.05, 4.69) is 171 Å². The number of hydrogen-bond acceptors (Lipinski definition) is 3. The number of aromatic nitrogens is 6. The van der Waals surface area contributed by atoms with Crippen LogP contribution in [0, 0.1) is 0 Å². The molecule has 4 heterocycles. The molecular formula is C53H32N6. The maximum atomic E-state index is 5.34. The van der Waals surface area contributed by atoms with Crippen LogP contribution in [0.4, 0.5) is 0 Å². The van der Waals surface area contributed by atoms with Gasteiger partial charge in [0.1, 0.15) is 0 Å². The molecule has 4 aromatic heterocycles. The standard InChI is InChI=1S/C53H32N6/c1-3-15-33(16-4-1)51-54-52(34-17-5-2-6-18-34)56-53(55-51)59-47-31-37(57-43-23-11-7-19-39(43)40-20-8-12-24-44(40)57)29-35-27-28-36-30-38(32-48(59)50(36)49(35)47)58-45-25-13-9-21-41(45)42-22-10-14-26-46(42)58/h1-32H. The number of benzene rings is 9. The second-order valence-corrected chi connectivity index (χ2v) is 15.3. The first-order valence-electron chi connectivity index (χ1n) is 20.0. The number of hydrogen-bond donors (Lipinski definition) is 0. The van der Waals surface area contributed by atoms with Crippen LogP contribution in [0.3, 0.4) is 0 Å². The predicted molar refractivity (Wildman–Crippen MR) is 242 cm³/mol. The van der Waals surface area contributed by atoms with Crippen LogP contribution in [0.5, 0.6) is 0 Å². The maximum absolute atomic E-state index is 5.34. The Hall–Kier alpha value is -8.09. The minimum Gasteiger partial charge on any atom is -0.309 e. The number of rotatable bonds is 5. The molecular weight excluding hydrogens is 721 g/mol. The zero-order valence-corrected chi connectivity index (χ0v) is 31.7. The predicted octanol–water partition coefficient (Wildman–Crippen LogP) is 13.1. The Morgan fingerprint density at radius 3 is 1.03 bits per heavy atom.